The van der Waals surface area contributed by atoms with Gasteiger partial charge in [-0.3, -0.25) is 4.90 Å². The average Bonchev–Trinajstić information content (AvgIpc) is 2.68. The molecule has 0 aromatic heterocycles. The number of aliphatic hydroxyl groups is 1. The highest BCUT2D eigenvalue weighted by Gasteiger charge is 2.31. The van der Waals surface area contributed by atoms with Gasteiger partial charge in [-0.25, -0.2) is 0 Å². The zero-order chi connectivity index (χ0) is 7.68. The predicted octanol–water partition coefficient (Wildman–Crippen LogP) is -0.158. The Bertz CT molecular complexity index is 136. The molecule has 0 radical (unpaired) electrons. The van der Waals surface area contributed by atoms with Gasteiger partial charge in [0.2, 0.25) is 0 Å². The van der Waals surface area contributed by atoms with Gasteiger partial charge in [-0.1, -0.05) is 0 Å². The van der Waals surface area contributed by atoms with Crippen LogP contribution in [0.15, 0.2) is 0 Å². The van der Waals surface area contributed by atoms with Gasteiger partial charge in [0.05, 0.1) is 19.3 Å². The van der Waals surface area contributed by atoms with Gasteiger partial charge in [0.1, 0.15) is 0 Å². The number of hydrogen-bond acceptors (Lipinski definition) is 3. The van der Waals surface area contributed by atoms with Crippen molar-refractivity contribution in [2.45, 2.75) is 25.0 Å². The van der Waals surface area contributed by atoms with Gasteiger partial charge in [-0.05, 0) is 19.4 Å². The van der Waals surface area contributed by atoms with E-state index in [4.69, 9.17) is 9.84 Å². The first kappa shape index (κ1) is 7.53. The lowest BCUT2D eigenvalue weighted by atomic mass is 10.2. The Kier molecular flexibility index (Phi) is 2.11. The van der Waals surface area contributed by atoms with E-state index < -0.39 is 0 Å². The summed E-state index contributed by atoms with van der Waals surface area (Å²) >= 11 is 0. The van der Waals surface area contributed by atoms with Crippen LogP contribution in [0, 0.1) is 0 Å². The van der Waals surface area contributed by atoms with Crippen LogP contribution in [0.4, 0.5) is 0 Å². The molecule has 2 fully saturated rings. The fraction of sp³-hybridized carbons (Fsp3) is 1.00. The van der Waals surface area contributed by atoms with Gasteiger partial charge in [0, 0.05) is 12.6 Å². The number of aliphatic hydroxyl groups excluding tert-OH is 1. The van der Waals surface area contributed by atoms with Crippen molar-refractivity contribution in [3.05, 3.63) is 0 Å². The van der Waals surface area contributed by atoms with Crippen LogP contribution in [-0.4, -0.2) is 48.5 Å². The minimum atomic E-state index is 0.312. The topological polar surface area (TPSA) is 36.0 Å². The monoisotopic (exact) mass is 157 g/mol. The van der Waals surface area contributed by atoms with E-state index in [1.54, 1.807) is 0 Å². The number of rotatable bonds is 3. The quantitative estimate of drug-likeness (QED) is 0.578. The van der Waals surface area contributed by atoms with Gasteiger partial charge in [0.25, 0.3) is 0 Å². The Morgan fingerprint density at radius 1 is 1.55 bits per heavy atom. The predicted molar refractivity (Wildman–Crippen MR) is 41.4 cm³/mol. The second-order valence-corrected chi connectivity index (χ2v) is 3.43. The molecule has 0 bridgehead atoms. The summed E-state index contributed by atoms with van der Waals surface area (Å²) in [4.78, 5) is 2.34. The van der Waals surface area contributed by atoms with Crippen LogP contribution in [0.1, 0.15) is 12.8 Å². The lowest BCUT2D eigenvalue weighted by molar-refractivity contribution is 0.150. The highest BCUT2D eigenvalue weighted by molar-refractivity contribution is 4.83. The Labute approximate surface area is 66.9 Å². The maximum absolute atomic E-state index is 8.99. The highest BCUT2D eigenvalue weighted by Crippen LogP contribution is 2.20. The molecular weight excluding hydrogens is 142 g/mol. The molecule has 0 unspecified atom stereocenters. The standard InChI is InChI=1S/C8H15NO2/c10-5-7-2-1-3-9(7)4-8-6-11-8/h7-8,10H,1-6H2/t7-,8+/m0/s1. The molecule has 0 aromatic carbocycles. The third kappa shape index (κ3) is 1.72. The second kappa shape index (κ2) is 3.09. The number of hydrogen-bond donors (Lipinski definition) is 1. The van der Waals surface area contributed by atoms with Gasteiger partial charge in [0.15, 0.2) is 0 Å². The second-order valence-electron chi connectivity index (χ2n) is 3.43. The molecule has 0 spiro atoms. The summed E-state index contributed by atoms with van der Waals surface area (Å²) in [6.45, 7) is 3.41. The molecule has 3 heteroatoms. The molecule has 2 atom stereocenters. The van der Waals surface area contributed by atoms with E-state index in [0.717, 1.165) is 26.1 Å². The van der Waals surface area contributed by atoms with E-state index in [1.807, 2.05) is 0 Å². The van der Waals surface area contributed by atoms with Crippen LogP contribution in [0.5, 0.6) is 0 Å². The largest absolute Gasteiger partial charge is 0.395 e. The Morgan fingerprint density at radius 2 is 2.36 bits per heavy atom. The van der Waals surface area contributed by atoms with Crippen LogP contribution >= 0.6 is 0 Å². The van der Waals surface area contributed by atoms with Crippen LogP contribution in [0.25, 0.3) is 0 Å². The SMILES string of the molecule is OC[C@@H]1CCCN1C[C@@H]1CO1. The van der Waals surface area contributed by atoms with E-state index in [2.05, 4.69) is 4.90 Å². The molecule has 11 heavy (non-hydrogen) atoms. The van der Waals surface area contributed by atoms with Crippen LogP contribution in [0.2, 0.25) is 0 Å². The zero-order valence-corrected chi connectivity index (χ0v) is 6.70. The molecule has 2 saturated heterocycles. The Morgan fingerprint density at radius 3 is 3.00 bits per heavy atom. The molecule has 0 saturated carbocycles. The maximum Gasteiger partial charge on any atom is 0.0936 e. The lowest BCUT2D eigenvalue weighted by Crippen LogP contribution is -2.35. The third-order valence-electron chi connectivity index (χ3n) is 2.55. The number of likely N-dealkylation sites (tertiary alicyclic amines) is 1. The minimum absolute atomic E-state index is 0.312. The third-order valence-corrected chi connectivity index (χ3v) is 2.55. The van der Waals surface area contributed by atoms with Gasteiger partial charge in [-0.15, -0.1) is 0 Å². The molecule has 2 heterocycles. The first-order valence-corrected chi connectivity index (χ1v) is 4.36. The van der Waals surface area contributed by atoms with E-state index in [0.29, 0.717) is 18.8 Å². The van der Waals surface area contributed by atoms with E-state index >= 15 is 0 Å². The van der Waals surface area contributed by atoms with Gasteiger partial charge >= 0.3 is 0 Å². The summed E-state index contributed by atoms with van der Waals surface area (Å²) in [6, 6.07) is 0.416. The summed E-state index contributed by atoms with van der Waals surface area (Å²) in [7, 11) is 0. The molecule has 3 nitrogen and oxygen atoms in total. The number of nitrogens with zero attached hydrogens (tertiary/aromatic N) is 1. The van der Waals surface area contributed by atoms with Crippen molar-refractivity contribution < 1.29 is 9.84 Å². The van der Waals surface area contributed by atoms with Crippen LogP contribution in [-0.2, 0) is 4.74 Å². The van der Waals surface area contributed by atoms with E-state index in [9.17, 15) is 0 Å². The molecule has 0 amide bonds. The summed E-state index contributed by atoms with van der Waals surface area (Å²) in [5, 5.41) is 8.99. The molecule has 2 aliphatic heterocycles. The molecular formula is C8H15NO2. The minimum Gasteiger partial charge on any atom is -0.395 e. The maximum atomic E-state index is 8.99. The number of ether oxygens (including phenoxy) is 1. The van der Waals surface area contributed by atoms with Crippen LogP contribution < -0.4 is 0 Å². The lowest BCUT2D eigenvalue weighted by Gasteiger charge is -2.21. The summed E-state index contributed by atoms with van der Waals surface area (Å²) in [6.07, 6.45) is 2.86. The molecule has 1 N–H and O–H groups in total. The average molecular weight is 157 g/mol. The van der Waals surface area contributed by atoms with E-state index in [1.165, 1.54) is 6.42 Å². The summed E-state index contributed by atoms with van der Waals surface area (Å²) in [5.74, 6) is 0. The molecule has 2 rings (SSSR count). The van der Waals surface area contributed by atoms with Gasteiger partial charge in [-0.2, -0.15) is 0 Å². The van der Waals surface area contributed by atoms with Crippen molar-refractivity contribution in [3.63, 3.8) is 0 Å². The molecule has 0 aromatic rings. The fourth-order valence-electron chi connectivity index (χ4n) is 1.78. The fourth-order valence-corrected chi connectivity index (χ4v) is 1.78. The first-order chi connectivity index (χ1) is 5.40. The normalized spacial score (nSPS) is 37.9. The smallest absolute Gasteiger partial charge is 0.0936 e. The zero-order valence-electron chi connectivity index (χ0n) is 6.70. The summed E-state index contributed by atoms with van der Waals surface area (Å²) in [5.41, 5.74) is 0. The van der Waals surface area contributed by atoms with Gasteiger partial charge < -0.3 is 9.84 Å². The van der Waals surface area contributed by atoms with Crippen molar-refractivity contribution in [2.24, 2.45) is 0 Å². The van der Waals surface area contributed by atoms with Crippen molar-refractivity contribution >= 4 is 0 Å². The van der Waals surface area contributed by atoms with Crippen molar-refractivity contribution in [2.75, 3.05) is 26.3 Å². The molecule has 64 valence electrons. The molecule has 0 aliphatic carbocycles. The Hall–Kier alpha value is -0.120. The molecule has 2 aliphatic rings. The Balaban J connectivity index is 1.79. The van der Waals surface area contributed by atoms with E-state index in [-0.39, 0.29) is 0 Å². The van der Waals surface area contributed by atoms with Crippen LogP contribution in [0.3, 0.4) is 0 Å². The summed E-state index contributed by atoms with van der Waals surface area (Å²) < 4.78 is 5.14. The first-order valence-electron chi connectivity index (χ1n) is 4.36. The number of epoxide rings is 1. The van der Waals surface area contributed by atoms with Crippen molar-refractivity contribution in [3.8, 4) is 0 Å². The highest BCUT2D eigenvalue weighted by atomic mass is 16.6. The van der Waals surface area contributed by atoms with Crippen molar-refractivity contribution in [1.82, 2.24) is 4.90 Å². The van der Waals surface area contributed by atoms with Crippen molar-refractivity contribution in [1.29, 1.82) is 0 Å².